The number of Topliss-reactive ketones (excluding diaryl/α,β-unsaturated/α-hetero) is 1. The minimum atomic E-state index is -0.670. The Morgan fingerprint density at radius 1 is 0.964 bits per heavy atom. The van der Waals surface area contributed by atoms with Crippen LogP contribution in [0.5, 0.6) is 11.5 Å². The number of hydrogen-bond acceptors (Lipinski definition) is 6. The Morgan fingerprint density at radius 2 is 1.68 bits per heavy atom. The lowest BCUT2D eigenvalue weighted by molar-refractivity contribution is -0.116. The highest BCUT2D eigenvalue weighted by atomic mass is 16.5. The zero-order valence-electron chi connectivity index (χ0n) is 16.1. The molecule has 148 valence electrons. The average Bonchev–Trinajstić information content (AvgIpc) is 2.71. The van der Waals surface area contributed by atoms with Gasteiger partial charge < -0.3 is 19.5 Å². The monoisotopic (exact) mass is 385 g/mol. The van der Waals surface area contributed by atoms with Gasteiger partial charge in [-0.05, 0) is 42.8 Å². The maximum atomic E-state index is 12.3. The number of ether oxygens (including phenoxy) is 3. The first-order valence-corrected chi connectivity index (χ1v) is 8.80. The molecule has 0 radical (unpaired) electrons. The fourth-order valence-corrected chi connectivity index (χ4v) is 2.45. The minimum absolute atomic E-state index is 0.0797. The quantitative estimate of drug-likeness (QED) is 0.525. The highest BCUT2D eigenvalue weighted by Gasteiger charge is 2.17. The molecule has 0 aromatic heterocycles. The third-order valence-corrected chi connectivity index (χ3v) is 3.93. The van der Waals surface area contributed by atoms with Gasteiger partial charge in [-0.15, -0.1) is 0 Å². The fourth-order valence-electron chi connectivity index (χ4n) is 2.45. The second-order valence-corrected chi connectivity index (χ2v) is 5.94. The van der Waals surface area contributed by atoms with E-state index in [4.69, 9.17) is 14.2 Å². The van der Waals surface area contributed by atoms with E-state index in [1.54, 1.807) is 36.4 Å². The minimum Gasteiger partial charge on any atom is -0.497 e. The number of ketones is 1. The summed E-state index contributed by atoms with van der Waals surface area (Å²) in [7, 11) is 2.93. The van der Waals surface area contributed by atoms with Crippen molar-refractivity contribution in [1.29, 1.82) is 0 Å². The molecule has 0 heterocycles. The number of esters is 1. The first-order chi connectivity index (χ1) is 13.5. The van der Waals surface area contributed by atoms with Gasteiger partial charge in [0.05, 0.1) is 14.2 Å². The van der Waals surface area contributed by atoms with Gasteiger partial charge in [0.25, 0.3) is 0 Å². The van der Waals surface area contributed by atoms with Crippen molar-refractivity contribution < 1.29 is 28.6 Å². The second kappa shape index (κ2) is 10.1. The van der Waals surface area contributed by atoms with Crippen molar-refractivity contribution in [2.75, 3.05) is 26.1 Å². The van der Waals surface area contributed by atoms with Crippen molar-refractivity contribution in [2.45, 2.75) is 19.8 Å². The van der Waals surface area contributed by atoms with Crippen LogP contribution in [0.2, 0.25) is 0 Å². The van der Waals surface area contributed by atoms with Crippen LogP contribution >= 0.6 is 0 Å². The first-order valence-electron chi connectivity index (χ1n) is 8.80. The smallest absolute Gasteiger partial charge is 0.342 e. The molecule has 0 aliphatic carbocycles. The standard InChI is InChI=1S/C21H23NO6/c1-4-5-20(24)22-15-8-6-14(7-9-15)18(23)13-28-21(25)17-11-10-16(26-2)12-19(17)27-3/h6-12H,4-5,13H2,1-3H3,(H,22,24). The second-order valence-electron chi connectivity index (χ2n) is 5.94. The molecule has 2 rings (SSSR count). The van der Waals surface area contributed by atoms with E-state index in [9.17, 15) is 14.4 Å². The molecule has 0 bridgehead atoms. The van der Waals surface area contributed by atoms with Gasteiger partial charge >= 0.3 is 5.97 Å². The van der Waals surface area contributed by atoms with Crippen LogP contribution in [0, 0.1) is 0 Å². The van der Waals surface area contributed by atoms with Gasteiger partial charge in [0, 0.05) is 23.7 Å². The van der Waals surface area contributed by atoms with Crippen LogP contribution in [0.1, 0.15) is 40.5 Å². The summed E-state index contributed by atoms with van der Waals surface area (Å²) in [6.07, 6.45) is 1.19. The number of anilines is 1. The molecule has 2 aromatic carbocycles. The summed E-state index contributed by atoms with van der Waals surface area (Å²) >= 11 is 0. The Labute approximate surface area is 163 Å². The van der Waals surface area contributed by atoms with Crippen LogP contribution in [0.25, 0.3) is 0 Å². The molecular weight excluding hydrogens is 362 g/mol. The number of carbonyl (C=O) groups is 3. The van der Waals surface area contributed by atoms with Crippen LogP contribution in [0.4, 0.5) is 5.69 Å². The molecule has 0 spiro atoms. The molecular formula is C21H23NO6. The molecule has 0 aliphatic heterocycles. The average molecular weight is 385 g/mol. The van der Waals surface area contributed by atoms with E-state index >= 15 is 0 Å². The van der Waals surface area contributed by atoms with E-state index in [1.807, 2.05) is 6.92 Å². The molecule has 0 atom stereocenters. The Morgan fingerprint density at radius 3 is 2.29 bits per heavy atom. The number of amides is 1. The Bertz CT molecular complexity index is 844. The van der Waals surface area contributed by atoms with E-state index in [0.29, 0.717) is 29.2 Å². The molecule has 0 saturated carbocycles. The molecule has 7 heteroatoms. The summed E-state index contributed by atoms with van der Waals surface area (Å²) < 4.78 is 15.4. The zero-order valence-corrected chi connectivity index (χ0v) is 16.1. The molecule has 0 unspecified atom stereocenters. The summed E-state index contributed by atoms with van der Waals surface area (Å²) in [6.45, 7) is 1.51. The summed E-state index contributed by atoms with van der Waals surface area (Å²) in [5, 5.41) is 2.74. The van der Waals surface area contributed by atoms with Crippen LogP contribution in [0.3, 0.4) is 0 Å². The van der Waals surface area contributed by atoms with E-state index < -0.39 is 12.6 Å². The first kappa shape index (κ1) is 21.0. The number of benzene rings is 2. The van der Waals surface area contributed by atoms with Crippen molar-refractivity contribution in [3.05, 3.63) is 53.6 Å². The van der Waals surface area contributed by atoms with E-state index in [1.165, 1.54) is 20.3 Å². The summed E-state index contributed by atoms with van der Waals surface area (Å²) in [4.78, 5) is 36.1. The van der Waals surface area contributed by atoms with Crippen LogP contribution in [-0.2, 0) is 9.53 Å². The van der Waals surface area contributed by atoms with Gasteiger partial charge in [-0.1, -0.05) is 6.92 Å². The van der Waals surface area contributed by atoms with Crippen molar-refractivity contribution in [3.8, 4) is 11.5 Å². The highest BCUT2D eigenvalue weighted by Crippen LogP contribution is 2.25. The zero-order chi connectivity index (χ0) is 20.5. The molecule has 0 fully saturated rings. The Hall–Kier alpha value is -3.35. The van der Waals surface area contributed by atoms with Gasteiger partial charge in [-0.2, -0.15) is 0 Å². The topological polar surface area (TPSA) is 90.9 Å². The van der Waals surface area contributed by atoms with Gasteiger partial charge in [-0.3, -0.25) is 9.59 Å². The maximum Gasteiger partial charge on any atom is 0.342 e. The summed E-state index contributed by atoms with van der Waals surface area (Å²) in [6, 6.07) is 11.1. The molecule has 28 heavy (non-hydrogen) atoms. The maximum absolute atomic E-state index is 12.3. The molecule has 1 N–H and O–H groups in total. The van der Waals surface area contributed by atoms with Gasteiger partial charge in [0.1, 0.15) is 17.1 Å². The van der Waals surface area contributed by atoms with Crippen molar-refractivity contribution >= 4 is 23.3 Å². The largest absolute Gasteiger partial charge is 0.497 e. The SMILES string of the molecule is CCCC(=O)Nc1ccc(C(=O)COC(=O)c2ccc(OC)cc2OC)cc1. The fraction of sp³-hybridized carbons (Fsp3) is 0.286. The number of rotatable bonds is 9. The van der Waals surface area contributed by atoms with Crippen LogP contribution < -0.4 is 14.8 Å². The van der Waals surface area contributed by atoms with E-state index in [-0.39, 0.29) is 17.3 Å². The van der Waals surface area contributed by atoms with Gasteiger partial charge in [-0.25, -0.2) is 4.79 Å². The molecule has 0 saturated heterocycles. The van der Waals surface area contributed by atoms with Crippen molar-refractivity contribution in [2.24, 2.45) is 0 Å². The lowest BCUT2D eigenvalue weighted by Crippen LogP contribution is -2.15. The summed E-state index contributed by atoms with van der Waals surface area (Å²) in [5.41, 5.74) is 1.18. The highest BCUT2D eigenvalue weighted by molar-refractivity contribution is 6.00. The Balaban J connectivity index is 1.96. The Kier molecular flexibility index (Phi) is 7.56. The number of nitrogens with one attached hydrogen (secondary N) is 1. The number of hydrogen-bond donors (Lipinski definition) is 1. The van der Waals surface area contributed by atoms with Crippen molar-refractivity contribution in [3.63, 3.8) is 0 Å². The number of methoxy groups -OCH3 is 2. The molecule has 0 aliphatic rings. The number of carbonyl (C=O) groups excluding carboxylic acids is 3. The molecule has 2 aromatic rings. The van der Waals surface area contributed by atoms with Crippen LogP contribution in [0.15, 0.2) is 42.5 Å². The van der Waals surface area contributed by atoms with Crippen molar-refractivity contribution in [1.82, 2.24) is 0 Å². The normalized spacial score (nSPS) is 10.1. The predicted molar refractivity (Wildman–Crippen MR) is 104 cm³/mol. The van der Waals surface area contributed by atoms with Gasteiger partial charge in [0.15, 0.2) is 12.4 Å². The lowest BCUT2D eigenvalue weighted by atomic mass is 10.1. The lowest BCUT2D eigenvalue weighted by Gasteiger charge is -2.10. The van der Waals surface area contributed by atoms with Gasteiger partial charge in [0.2, 0.25) is 5.91 Å². The third kappa shape index (κ3) is 5.57. The third-order valence-electron chi connectivity index (χ3n) is 3.93. The summed E-state index contributed by atoms with van der Waals surface area (Å²) in [5.74, 6) is -0.271. The van der Waals surface area contributed by atoms with E-state index in [0.717, 1.165) is 6.42 Å². The van der Waals surface area contributed by atoms with Crippen LogP contribution in [-0.4, -0.2) is 38.5 Å². The van der Waals surface area contributed by atoms with E-state index in [2.05, 4.69) is 5.32 Å². The molecule has 1 amide bonds. The predicted octanol–water partition coefficient (Wildman–Crippen LogP) is 3.48. The molecule has 7 nitrogen and oxygen atoms in total.